The minimum absolute atomic E-state index is 0.0602. The Kier molecular flexibility index (Phi) is 3.10. The van der Waals surface area contributed by atoms with E-state index < -0.39 is 0 Å². The Labute approximate surface area is 86.2 Å². The molecule has 0 bridgehead atoms. The monoisotopic (exact) mass is 199 g/mol. The Morgan fingerprint density at radius 1 is 1.21 bits per heavy atom. The molecule has 82 valence electrons. The Morgan fingerprint density at radius 3 is 2.57 bits per heavy atom. The van der Waals surface area contributed by atoms with Crippen molar-refractivity contribution in [1.82, 2.24) is 5.32 Å². The first-order valence-electron chi connectivity index (χ1n) is 5.70. The van der Waals surface area contributed by atoms with E-state index in [2.05, 4.69) is 19.2 Å². The van der Waals surface area contributed by atoms with Crippen molar-refractivity contribution in [2.45, 2.75) is 38.3 Å². The molecule has 0 saturated carbocycles. The summed E-state index contributed by atoms with van der Waals surface area (Å²) >= 11 is 0. The lowest BCUT2D eigenvalue weighted by Crippen LogP contribution is -2.62. The van der Waals surface area contributed by atoms with E-state index in [1.807, 2.05) is 0 Å². The van der Waals surface area contributed by atoms with E-state index in [4.69, 9.17) is 9.47 Å². The van der Waals surface area contributed by atoms with Crippen LogP contribution >= 0.6 is 0 Å². The van der Waals surface area contributed by atoms with Gasteiger partial charge in [-0.1, -0.05) is 13.8 Å². The van der Waals surface area contributed by atoms with Crippen molar-refractivity contribution < 1.29 is 9.47 Å². The van der Waals surface area contributed by atoms with Crippen LogP contribution in [0.25, 0.3) is 0 Å². The van der Waals surface area contributed by atoms with Gasteiger partial charge in [-0.3, -0.25) is 0 Å². The highest BCUT2D eigenvalue weighted by molar-refractivity contribution is 4.98. The average molecular weight is 199 g/mol. The number of hydrogen-bond donors (Lipinski definition) is 1. The lowest BCUT2D eigenvalue weighted by molar-refractivity contribution is -0.155. The van der Waals surface area contributed by atoms with E-state index in [1.165, 1.54) is 0 Å². The van der Waals surface area contributed by atoms with Crippen LogP contribution in [-0.4, -0.2) is 38.0 Å². The molecule has 2 aliphatic heterocycles. The Morgan fingerprint density at radius 2 is 1.93 bits per heavy atom. The van der Waals surface area contributed by atoms with Gasteiger partial charge in [0.05, 0.1) is 12.2 Å². The van der Waals surface area contributed by atoms with E-state index in [-0.39, 0.29) is 5.60 Å². The fraction of sp³-hybridized carbons (Fsp3) is 1.00. The molecule has 2 aliphatic rings. The summed E-state index contributed by atoms with van der Waals surface area (Å²) in [7, 11) is 0. The zero-order valence-corrected chi connectivity index (χ0v) is 9.21. The number of ether oxygens (including phenoxy) is 2. The first kappa shape index (κ1) is 10.4. The summed E-state index contributed by atoms with van der Waals surface area (Å²) in [5.41, 5.74) is 0.0602. The predicted octanol–water partition coefficient (Wildman–Crippen LogP) is 1.18. The third kappa shape index (κ3) is 1.81. The van der Waals surface area contributed by atoms with E-state index in [9.17, 15) is 0 Å². The molecule has 0 aromatic heterocycles. The van der Waals surface area contributed by atoms with Gasteiger partial charge in [-0.05, 0) is 5.92 Å². The predicted molar refractivity (Wildman–Crippen MR) is 55.4 cm³/mol. The van der Waals surface area contributed by atoms with Crippen molar-refractivity contribution in [2.75, 3.05) is 26.4 Å². The third-order valence-electron chi connectivity index (χ3n) is 3.43. The molecule has 0 radical (unpaired) electrons. The Balaban J connectivity index is 2.10. The maximum absolute atomic E-state index is 6.04. The van der Waals surface area contributed by atoms with Gasteiger partial charge in [0, 0.05) is 38.6 Å². The molecular formula is C11H21NO2. The van der Waals surface area contributed by atoms with Gasteiger partial charge in [-0.2, -0.15) is 0 Å². The fourth-order valence-electron chi connectivity index (χ4n) is 2.76. The Hall–Kier alpha value is -0.120. The van der Waals surface area contributed by atoms with Crippen molar-refractivity contribution in [3.63, 3.8) is 0 Å². The highest BCUT2D eigenvalue weighted by Gasteiger charge is 2.44. The molecule has 1 N–H and O–H groups in total. The van der Waals surface area contributed by atoms with Crippen molar-refractivity contribution >= 4 is 0 Å². The molecule has 0 aromatic carbocycles. The molecule has 1 atom stereocenters. The molecule has 3 nitrogen and oxygen atoms in total. The van der Waals surface area contributed by atoms with Gasteiger partial charge < -0.3 is 14.8 Å². The molecule has 0 aliphatic carbocycles. The van der Waals surface area contributed by atoms with Gasteiger partial charge in [-0.15, -0.1) is 0 Å². The summed E-state index contributed by atoms with van der Waals surface area (Å²) in [6.07, 6.45) is 2.09. The molecule has 0 aromatic rings. The molecule has 1 spiro atoms. The largest absolute Gasteiger partial charge is 0.381 e. The molecule has 0 amide bonds. The van der Waals surface area contributed by atoms with Gasteiger partial charge >= 0.3 is 0 Å². The summed E-state index contributed by atoms with van der Waals surface area (Å²) in [6.45, 7) is 8.08. The molecule has 2 fully saturated rings. The van der Waals surface area contributed by atoms with Gasteiger partial charge in [0.2, 0.25) is 0 Å². The van der Waals surface area contributed by atoms with Crippen LogP contribution in [0.1, 0.15) is 26.7 Å². The van der Waals surface area contributed by atoms with Crippen molar-refractivity contribution in [3.8, 4) is 0 Å². The second-order valence-electron chi connectivity index (χ2n) is 4.70. The summed E-state index contributed by atoms with van der Waals surface area (Å²) in [5.74, 6) is 0.633. The molecule has 2 rings (SSSR count). The van der Waals surface area contributed by atoms with E-state index >= 15 is 0 Å². The minimum atomic E-state index is 0.0602. The van der Waals surface area contributed by atoms with Crippen molar-refractivity contribution in [2.24, 2.45) is 5.92 Å². The second kappa shape index (κ2) is 4.17. The molecule has 1 unspecified atom stereocenters. The Bertz CT molecular complexity index is 179. The normalized spacial score (nSPS) is 32.4. The number of hydrogen-bond acceptors (Lipinski definition) is 3. The summed E-state index contributed by atoms with van der Waals surface area (Å²) in [6, 6.07) is 0.500. The number of morpholine rings is 1. The van der Waals surface area contributed by atoms with Crippen LogP contribution in [0.4, 0.5) is 0 Å². The van der Waals surface area contributed by atoms with Crippen LogP contribution in [0.2, 0.25) is 0 Å². The standard InChI is InChI=1S/C11H21NO2/c1-9(2)10-11(14-8-5-12-10)3-6-13-7-4-11/h9-10,12H,3-8H2,1-2H3. The van der Waals surface area contributed by atoms with E-state index in [1.54, 1.807) is 0 Å². The molecule has 14 heavy (non-hydrogen) atoms. The topological polar surface area (TPSA) is 30.5 Å². The molecular weight excluding hydrogens is 178 g/mol. The SMILES string of the molecule is CC(C)C1NCCOC12CCOCC2. The van der Waals surface area contributed by atoms with E-state index in [0.717, 1.165) is 39.2 Å². The minimum Gasteiger partial charge on any atom is -0.381 e. The van der Waals surface area contributed by atoms with Crippen molar-refractivity contribution in [1.29, 1.82) is 0 Å². The quantitative estimate of drug-likeness (QED) is 0.688. The first-order chi connectivity index (χ1) is 6.75. The summed E-state index contributed by atoms with van der Waals surface area (Å²) < 4.78 is 11.5. The highest BCUT2D eigenvalue weighted by Crippen LogP contribution is 2.33. The van der Waals surface area contributed by atoms with Gasteiger partial charge in [-0.25, -0.2) is 0 Å². The van der Waals surface area contributed by atoms with Crippen LogP contribution in [0.15, 0.2) is 0 Å². The maximum Gasteiger partial charge on any atom is 0.0881 e. The van der Waals surface area contributed by atoms with Gasteiger partial charge in [0.1, 0.15) is 0 Å². The van der Waals surface area contributed by atoms with Gasteiger partial charge in [0.15, 0.2) is 0 Å². The zero-order valence-electron chi connectivity index (χ0n) is 9.21. The van der Waals surface area contributed by atoms with Crippen LogP contribution in [-0.2, 0) is 9.47 Å². The number of nitrogens with one attached hydrogen (secondary N) is 1. The van der Waals surface area contributed by atoms with E-state index in [0.29, 0.717) is 12.0 Å². The molecule has 2 heterocycles. The number of rotatable bonds is 1. The smallest absolute Gasteiger partial charge is 0.0881 e. The lowest BCUT2D eigenvalue weighted by Gasteiger charge is -2.48. The average Bonchev–Trinajstić information content (AvgIpc) is 2.19. The third-order valence-corrected chi connectivity index (χ3v) is 3.43. The van der Waals surface area contributed by atoms with Crippen LogP contribution in [0.3, 0.4) is 0 Å². The zero-order chi connectivity index (χ0) is 10.0. The van der Waals surface area contributed by atoms with Crippen LogP contribution < -0.4 is 5.32 Å². The maximum atomic E-state index is 6.04. The summed E-state index contributed by atoms with van der Waals surface area (Å²) in [4.78, 5) is 0. The molecule has 3 heteroatoms. The lowest BCUT2D eigenvalue weighted by atomic mass is 9.79. The second-order valence-corrected chi connectivity index (χ2v) is 4.70. The van der Waals surface area contributed by atoms with Crippen molar-refractivity contribution in [3.05, 3.63) is 0 Å². The summed E-state index contributed by atoms with van der Waals surface area (Å²) in [5, 5.41) is 3.60. The van der Waals surface area contributed by atoms with Crippen LogP contribution in [0.5, 0.6) is 0 Å². The molecule has 2 saturated heterocycles. The first-order valence-corrected chi connectivity index (χ1v) is 5.70. The highest BCUT2D eigenvalue weighted by atomic mass is 16.5. The van der Waals surface area contributed by atoms with Crippen LogP contribution in [0, 0.1) is 5.92 Å². The van der Waals surface area contributed by atoms with Gasteiger partial charge in [0.25, 0.3) is 0 Å². The fourth-order valence-corrected chi connectivity index (χ4v) is 2.76.